The lowest BCUT2D eigenvalue weighted by atomic mass is 10.1. The minimum absolute atomic E-state index is 0.327. The summed E-state index contributed by atoms with van der Waals surface area (Å²) >= 11 is 0. The zero-order chi connectivity index (χ0) is 24.7. The molecule has 0 atom stereocenters. The molecule has 0 bridgehead atoms. The normalized spacial score (nSPS) is 12.3. The molecule has 4 nitrogen and oxygen atoms in total. The molecule has 0 aliphatic rings. The Morgan fingerprint density at radius 2 is 1.33 bits per heavy atom. The minimum Gasteiger partial charge on any atom is -0.494 e. The Labute approximate surface area is 204 Å². The van der Waals surface area contributed by atoms with Crippen LogP contribution in [0.15, 0.2) is 36.4 Å². The van der Waals surface area contributed by atoms with Gasteiger partial charge in [-0.2, -0.15) is 0 Å². The van der Waals surface area contributed by atoms with Crippen molar-refractivity contribution in [2.24, 2.45) is 0 Å². The number of rotatable bonds is 17. The van der Waals surface area contributed by atoms with E-state index in [2.05, 4.69) is 53.7 Å². The smallest absolute Gasteiger partial charge is 0.337 e. The Hall–Kier alpha value is -1.59. The van der Waals surface area contributed by atoms with Gasteiger partial charge in [0.1, 0.15) is 5.75 Å². The van der Waals surface area contributed by atoms with E-state index in [4.69, 9.17) is 13.9 Å². The number of allylic oxidation sites excluding steroid dienone is 2. The first-order valence-corrected chi connectivity index (χ1v) is 15.0. The van der Waals surface area contributed by atoms with Crippen LogP contribution in [-0.4, -0.2) is 34.6 Å². The molecule has 0 fully saturated rings. The van der Waals surface area contributed by atoms with E-state index in [1.807, 2.05) is 12.1 Å². The maximum atomic E-state index is 11.4. The van der Waals surface area contributed by atoms with Gasteiger partial charge in [-0.3, -0.25) is 0 Å². The van der Waals surface area contributed by atoms with Gasteiger partial charge < -0.3 is 13.9 Å². The van der Waals surface area contributed by atoms with Crippen molar-refractivity contribution in [2.45, 2.75) is 103 Å². The Kier molecular flexibility index (Phi) is 14.4. The molecule has 0 N–H and O–H groups in total. The standard InChI is InChI=1S/C28H48O4Si/c1-23(2)33(24(3)4,25(5)6)32-22-16-14-12-10-8-9-11-13-15-21-31-27-19-17-26(18-20-27)28(29)30-7/h9,11,17-20,23-25H,8,10,12-16,21-22H2,1-7H3/b11-9+. The van der Waals surface area contributed by atoms with E-state index in [0.29, 0.717) is 28.8 Å². The van der Waals surface area contributed by atoms with Crippen LogP contribution < -0.4 is 4.74 Å². The average Bonchev–Trinajstić information content (AvgIpc) is 2.78. The molecule has 0 amide bonds. The second-order valence-corrected chi connectivity index (χ2v) is 15.3. The van der Waals surface area contributed by atoms with E-state index in [1.165, 1.54) is 32.8 Å². The van der Waals surface area contributed by atoms with Crippen molar-refractivity contribution in [1.29, 1.82) is 0 Å². The maximum absolute atomic E-state index is 11.4. The molecule has 0 aromatic heterocycles. The van der Waals surface area contributed by atoms with Gasteiger partial charge in [-0.05, 0) is 73.0 Å². The monoisotopic (exact) mass is 476 g/mol. The fourth-order valence-electron chi connectivity index (χ4n) is 4.90. The third-order valence-electron chi connectivity index (χ3n) is 6.55. The quantitative estimate of drug-likeness (QED) is 0.0981. The van der Waals surface area contributed by atoms with Crippen molar-refractivity contribution >= 4 is 14.3 Å². The third kappa shape index (κ3) is 10.1. The second kappa shape index (κ2) is 16.1. The molecule has 188 valence electrons. The van der Waals surface area contributed by atoms with Gasteiger partial charge in [-0.15, -0.1) is 0 Å². The number of carbonyl (C=O) groups excluding carboxylic acids is 1. The Balaban J connectivity index is 2.09. The van der Waals surface area contributed by atoms with Gasteiger partial charge in [0.05, 0.1) is 19.3 Å². The molecule has 0 heterocycles. The first-order valence-electron chi connectivity index (χ1n) is 12.9. The summed E-state index contributed by atoms with van der Waals surface area (Å²) in [6.45, 7) is 15.7. The molecule has 0 unspecified atom stereocenters. The van der Waals surface area contributed by atoms with Crippen LogP contribution in [0.5, 0.6) is 5.75 Å². The SMILES string of the molecule is COC(=O)c1ccc(OCCC/C=C/CCCCCCO[Si](C(C)C)(C(C)C)C(C)C)cc1. The summed E-state index contributed by atoms with van der Waals surface area (Å²) in [7, 11) is -0.312. The summed E-state index contributed by atoms with van der Waals surface area (Å²) in [5, 5.41) is 0. The molecule has 1 aromatic carbocycles. The van der Waals surface area contributed by atoms with Crippen molar-refractivity contribution in [3.63, 3.8) is 0 Å². The van der Waals surface area contributed by atoms with Crippen molar-refractivity contribution in [3.05, 3.63) is 42.0 Å². The lowest BCUT2D eigenvalue weighted by molar-refractivity contribution is 0.0600. The van der Waals surface area contributed by atoms with E-state index in [9.17, 15) is 4.79 Å². The van der Waals surface area contributed by atoms with Crippen molar-refractivity contribution in [1.82, 2.24) is 0 Å². The van der Waals surface area contributed by atoms with Gasteiger partial charge >= 0.3 is 5.97 Å². The summed E-state index contributed by atoms with van der Waals surface area (Å²) < 4.78 is 17.1. The molecule has 33 heavy (non-hydrogen) atoms. The van der Waals surface area contributed by atoms with Crippen LogP contribution in [0, 0.1) is 0 Å². The van der Waals surface area contributed by atoms with Crippen LogP contribution in [-0.2, 0) is 9.16 Å². The Morgan fingerprint density at radius 1 is 0.788 bits per heavy atom. The number of carbonyl (C=O) groups is 1. The first kappa shape index (κ1) is 29.4. The number of benzene rings is 1. The highest BCUT2D eigenvalue weighted by atomic mass is 28.4. The molecule has 5 heteroatoms. The number of ether oxygens (including phenoxy) is 2. The largest absolute Gasteiger partial charge is 0.494 e. The highest BCUT2D eigenvalue weighted by Gasteiger charge is 2.44. The van der Waals surface area contributed by atoms with Gasteiger partial charge in [-0.25, -0.2) is 4.79 Å². The molecule has 0 saturated carbocycles. The number of esters is 1. The van der Waals surface area contributed by atoms with Crippen molar-refractivity contribution < 1.29 is 18.7 Å². The van der Waals surface area contributed by atoms with E-state index in [0.717, 1.165) is 31.6 Å². The van der Waals surface area contributed by atoms with E-state index in [-0.39, 0.29) is 5.97 Å². The lowest BCUT2D eigenvalue weighted by Crippen LogP contribution is -2.47. The Morgan fingerprint density at radius 3 is 1.88 bits per heavy atom. The van der Waals surface area contributed by atoms with Gasteiger partial charge in [0.2, 0.25) is 0 Å². The number of hydrogen-bond acceptors (Lipinski definition) is 4. The molecular weight excluding hydrogens is 428 g/mol. The van der Waals surface area contributed by atoms with Crippen LogP contribution in [0.4, 0.5) is 0 Å². The minimum atomic E-state index is -1.70. The van der Waals surface area contributed by atoms with Crippen LogP contribution in [0.25, 0.3) is 0 Å². The zero-order valence-electron chi connectivity index (χ0n) is 22.2. The van der Waals surface area contributed by atoms with Crippen LogP contribution >= 0.6 is 0 Å². The predicted octanol–water partition coefficient (Wildman–Crippen LogP) is 8.33. The maximum Gasteiger partial charge on any atom is 0.337 e. The van der Waals surface area contributed by atoms with Crippen LogP contribution in [0.2, 0.25) is 16.6 Å². The molecule has 0 radical (unpaired) electrons. The lowest BCUT2D eigenvalue weighted by Gasteiger charge is -2.42. The van der Waals surface area contributed by atoms with E-state index in [1.54, 1.807) is 12.1 Å². The number of unbranched alkanes of at least 4 members (excludes halogenated alkanes) is 5. The summed E-state index contributed by atoms with van der Waals surface area (Å²) in [5.41, 5.74) is 2.54. The summed E-state index contributed by atoms with van der Waals surface area (Å²) in [4.78, 5) is 11.4. The van der Waals surface area contributed by atoms with Gasteiger partial charge in [0.15, 0.2) is 8.32 Å². The van der Waals surface area contributed by atoms with Crippen molar-refractivity contribution in [2.75, 3.05) is 20.3 Å². The average molecular weight is 477 g/mol. The van der Waals surface area contributed by atoms with Crippen LogP contribution in [0.1, 0.15) is 96.8 Å². The zero-order valence-corrected chi connectivity index (χ0v) is 23.2. The second-order valence-electron chi connectivity index (χ2n) is 9.85. The fourth-order valence-corrected chi connectivity index (χ4v) is 10.4. The number of hydrogen-bond donors (Lipinski definition) is 0. The van der Waals surface area contributed by atoms with Gasteiger partial charge in [-0.1, -0.05) is 66.5 Å². The molecule has 0 spiro atoms. The predicted molar refractivity (Wildman–Crippen MR) is 142 cm³/mol. The van der Waals surface area contributed by atoms with Gasteiger partial charge in [0, 0.05) is 6.61 Å². The van der Waals surface area contributed by atoms with E-state index < -0.39 is 8.32 Å². The number of methoxy groups -OCH3 is 1. The fraction of sp³-hybridized carbons (Fsp3) is 0.679. The molecule has 0 aliphatic heterocycles. The molecule has 0 aliphatic carbocycles. The van der Waals surface area contributed by atoms with Crippen LogP contribution in [0.3, 0.4) is 0 Å². The first-order chi connectivity index (χ1) is 15.8. The summed E-state index contributed by atoms with van der Waals surface area (Å²) in [5.74, 6) is 0.456. The third-order valence-corrected chi connectivity index (χ3v) is 12.7. The molecule has 1 rings (SSSR count). The summed E-state index contributed by atoms with van der Waals surface area (Å²) in [6.07, 6.45) is 12.7. The Bertz CT molecular complexity index is 658. The molecule has 1 aromatic rings. The van der Waals surface area contributed by atoms with Crippen molar-refractivity contribution in [3.8, 4) is 5.75 Å². The van der Waals surface area contributed by atoms with Gasteiger partial charge in [0.25, 0.3) is 0 Å². The highest BCUT2D eigenvalue weighted by molar-refractivity contribution is 6.77. The highest BCUT2D eigenvalue weighted by Crippen LogP contribution is 2.42. The topological polar surface area (TPSA) is 44.8 Å². The van der Waals surface area contributed by atoms with E-state index >= 15 is 0 Å². The molecular formula is C28H48O4Si. The summed E-state index contributed by atoms with van der Waals surface area (Å²) in [6, 6.07) is 7.07. The molecule has 0 saturated heterocycles.